The zero-order valence-corrected chi connectivity index (χ0v) is 23.2. The topological polar surface area (TPSA) is 131 Å². The molecule has 0 spiro atoms. The molecule has 4 aromatic rings. The molecule has 3 heterocycles. The first kappa shape index (κ1) is 30.7. The van der Waals surface area contributed by atoms with Crippen molar-refractivity contribution in [3.63, 3.8) is 0 Å². The molecular formula is C27H19ClF6N8O2. The van der Waals surface area contributed by atoms with E-state index in [0.717, 1.165) is 23.6 Å². The van der Waals surface area contributed by atoms with Crippen LogP contribution in [-0.4, -0.2) is 47.5 Å². The number of Topliss-reactive ketones (excluding diaryl/α,β-unsaturated/α-hetero) is 1. The van der Waals surface area contributed by atoms with Gasteiger partial charge in [-0.15, -0.1) is 10.2 Å². The Morgan fingerprint density at radius 2 is 1.73 bits per heavy atom. The predicted octanol–water partition coefficient (Wildman–Crippen LogP) is 5.10. The second-order valence-corrected chi connectivity index (χ2v) is 10.4. The molecule has 0 unspecified atom stereocenters. The Balaban J connectivity index is 1.55. The number of aryl methyl sites for hydroxylation is 1. The maximum atomic E-state index is 13.8. The molecule has 10 nitrogen and oxygen atoms in total. The number of nitrogens with one attached hydrogen (secondary N) is 1. The van der Waals surface area contributed by atoms with Crippen molar-refractivity contribution in [3.05, 3.63) is 86.6 Å². The van der Waals surface area contributed by atoms with Gasteiger partial charge < -0.3 is 5.32 Å². The molecule has 0 radical (unpaired) electrons. The normalized spacial score (nSPS) is 13.5. The van der Waals surface area contributed by atoms with Crippen molar-refractivity contribution in [3.8, 4) is 11.9 Å². The molecule has 5 rings (SSSR count). The summed E-state index contributed by atoms with van der Waals surface area (Å²) in [7, 11) is 0. The summed E-state index contributed by atoms with van der Waals surface area (Å²) in [6.45, 7) is 0.845. The number of aromatic nitrogens is 6. The fourth-order valence-corrected chi connectivity index (χ4v) is 4.61. The van der Waals surface area contributed by atoms with E-state index in [1.807, 2.05) is 6.07 Å². The lowest BCUT2D eigenvalue weighted by molar-refractivity contribution is -0.165. The van der Waals surface area contributed by atoms with E-state index >= 15 is 0 Å². The predicted molar refractivity (Wildman–Crippen MR) is 140 cm³/mol. The monoisotopic (exact) mass is 636 g/mol. The van der Waals surface area contributed by atoms with E-state index in [0.29, 0.717) is 11.1 Å². The van der Waals surface area contributed by atoms with Crippen molar-refractivity contribution in [2.75, 3.05) is 0 Å². The van der Waals surface area contributed by atoms with Crippen molar-refractivity contribution in [2.45, 2.75) is 51.1 Å². The second-order valence-electron chi connectivity index (χ2n) is 9.94. The summed E-state index contributed by atoms with van der Waals surface area (Å²) in [5.41, 5.74) is -3.71. The number of nitrogens with zero attached hydrogens (tertiary/aromatic N) is 7. The number of hydrogen-bond acceptors (Lipinski definition) is 7. The minimum Gasteiger partial charge on any atom is -0.349 e. The Bertz CT molecular complexity index is 1790. The van der Waals surface area contributed by atoms with Gasteiger partial charge in [0.1, 0.15) is 12.2 Å². The summed E-state index contributed by atoms with van der Waals surface area (Å²) in [4.78, 5) is 31.1. The van der Waals surface area contributed by atoms with Gasteiger partial charge >= 0.3 is 12.4 Å². The van der Waals surface area contributed by atoms with E-state index in [1.165, 1.54) is 30.5 Å². The number of ketones is 1. The summed E-state index contributed by atoms with van der Waals surface area (Å²) in [5.74, 6) is -1.16. The fraction of sp³-hybridized carbons (Fsp3) is 0.296. The third-order valence-electron chi connectivity index (χ3n) is 6.58. The zero-order chi connectivity index (χ0) is 32.0. The number of carbonyl (C=O) groups is 2. The highest BCUT2D eigenvalue weighted by molar-refractivity contribution is 6.32. The Morgan fingerprint density at radius 1 is 1.07 bits per heavy atom. The molecule has 0 atom stereocenters. The minimum atomic E-state index is -5.44. The SMILES string of the molecule is Cc1cc(C#N)cc(C(=O)NC2CC2)c1CC(=O)c1cc(Cn2nc(C(F)(F)F)c(C(F)(F)F)n2)nn1-c1ncccc1Cl. The number of hydrogen-bond donors (Lipinski definition) is 1. The van der Waals surface area contributed by atoms with E-state index in [-0.39, 0.29) is 50.6 Å². The van der Waals surface area contributed by atoms with Crippen molar-refractivity contribution < 1.29 is 35.9 Å². The van der Waals surface area contributed by atoms with E-state index in [4.69, 9.17) is 11.6 Å². The molecule has 3 aromatic heterocycles. The lowest BCUT2D eigenvalue weighted by atomic mass is 9.93. The van der Waals surface area contributed by atoms with Gasteiger partial charge in [0.15, 0.2) is 23.0 Å². The van der Waals surface area contributed by atoms with Crippen LogP contribution in [0.5, 0.6) is 0 Å². The molecule has 1 aliphatic rings. The first-order valence-electron chi connectivity index (χ1n) is 12.8. The van der Waals surface area contributed by atoms with Crippen molar-refractivity contribution in [2.24, 2.45) is 0 Å². The summed E-state index contributed by atoms with van der Waals surface area (Å²) < 4.78 is 80.6. The lowest BCUT2D eigenvalue weighted by Crippen LogP contribution is -2.27. The van der Waals surface area contributed by atoms with Crippen molar-refractivity contribution >= 4 is 23.3 Å². The van der Waals surface area contributed by atoms with E-state index in [9.17, 15) is 41.2 Å². The summed E-state index contributed by atoms with van der Waals surface area (Å²) in [5, 5.41) is 22.4. The van der Waals surface area contributed by atoms with Crippen LogP contribution in [0.3, 0.4) is 0 Å². The van der Waals surface area contributed by atoms with Crippen LogP contribution in [-0.2, 0) is 25.3 Å². The third kappa shape index (κ3) is 6.42. The van der Waals surface area contributed by atoms with Crippen LogP contribution in [0.1, 0.15) is 67.5 Å². The number of rotatable bonds is 8. The highest BCUT2D eigenvalue weighted by Gasteiger charge is 2.48. The molecule has 1 amide bonds. The molecule has 44 heavy (non-hydrogen) atoms. The first-order valence-corrected chi connectivity index (χ1v) is 13.2. The van der Waals surface area contributed by atoms with Gasteiger partial charge in [0, 0.05) is 24.2 Å². The fourth-order valence-electron chi connectivity index (χ4n) is 4.41. The number of nitriles is 1. The number of amides is 1. The Kier molecular flexibility index (Phi) is 7.93. The summed E-state index contributed by atoms with van der Waals surface area (Å²) in [6.07, 6.45) is -8.33. The van der Waals surface area contributed by atoms with Gasteiger partial charge in [-0.2, -0.15) is 41.5 Å². The van der Waals surface area contributed by atoms with Crippen LogP contribution >= 0.6 is 11.6 Å². The molecule has 0 aliphatic heterocycles. The average Bonchev–Trinajstić information content (AvgIpc) is 3.47. The highest BCUT2D eigenvalue weighted by Crippen LogP contribution is 2.38. The zero-order valence-electron chi connectivity index (χ0n) is 22.5. The number of carbonyl (C=O) groups excluding carboxylic acids is 2. The van der Waals surface area contributed by atoms with Crippen LogP contribution in [0.15, 0.2) is 36.5 Å². The first-order chi connectivity index (χ1) is 20.7. The van der Waals surface area contributed by atoms with Crippen molar-refractivity contribution in [1.82, 2.24) is 35.1 Å². The molecular weight excluding hydrogens is 618 g/mol. The van der Waals surface area contributed by atoms with Crippen LogP contribution in [0.2, 0.25) is 5.02 Å². The van der Waals surface area contributed by atoms with Gasteiger partial charge in [0.2, 0.25) is 0 Å². The molecule has 0 bridgehead atoms. The molecule has 1 N–H and O–H groups in total. The summed E-state index contributed by atoms with van der Waals surface area (Å²) in [6, 6.07) is 8.90. The minimum absolute atomic E-state index is 0.0148. The van der Waals surface area contributed by atoms with Gasteiger partial charge in [0.25, 0.3) is 5.91 Å². The molecule has 0 saturated heterocycles. The van der Waals surface area contributed by atoms with E-state index in [1.54, 1.807) is 6.92 Å². The maximum absolute atomic E-state index is 13.8. The Labute approximate surface area is 249 Å². The van der Waals surface area contributed by atoms with E-state index in [2.05, 4.69) is 25.6 Å². The molecule has 1 aliphatic carbocycles. The van der Waals surface area contributed by atoms with Gasteiger partial charge in [-0.3, -0.25) is 9.59 Å². The molecule has 1 aromatic carbocycles. The van der Waals surface area contributed by atoms with Crippen LogP contribution < -0.4 is 5.32 Å². The van der Waals surface area contributed by atoms with Gasteiger partial charge in [-0.25, -0.2) is 9.67 Å². The Hall–Kier alpha value is -4.78. The smallest absolute Gasteiger partial charge is 0.349 e. The number of halogens is 7. The maximum Gasteiger partial charge on any atom is 0.437 e. The molecule has 1 saturated carbocycles. The highest BCUT2D eigenvalue weighted by atomic mass is 35.5. The third-order valence-corrected chi connectivity index (χ3v) is 6.87. The standard InChI is InChI=1S/C27H19ClF6N8O2/c1-13-7-14(11-35)8-18(25(44)37-15-4-5-15)17(13)10-21(43)20-9-16(38-42(20)24-19(28)3-2-6-36-24)12-41-39-22(26(29,30)31)23(40-41)27(32,33)34/h2-3,6-9,15H,4-5,10,12H2,1H3,(H,37,44). The number of alkyl halides is 6. The van der Waals surface area contributed by atoms with Crippen LogP contribution in [0.25, 0.3) is 5.82 Å². The van der Waals surface area contributed by atoms with E-state index < -0.39 is 42.0 Å². The van der Waals surface area contributed by atoms with Gasteiger partial charge in [-0.05, 0) is 61.2 Å². The molecule has 1 fully saturated rings. The lowest BCUT2D eigenvalue weighted by Gasteiger charge is -2.14. The molecule has 228 valence electrons. The number of benzene rings is 1. The van der Waals surface area contributed by atoms with Crippen LogP contribution in [0, 0.1) is 18.3 Å². The average molecular weight is 637 g/mol. The quantitative estimate of drug-likeness (QED) is 0.210. The van der Waals surface area contributed by atoms with Gasteiger partial charge in [0.05, 0.1) is 22.3 Å². The largest absolute Gasteiger partial charge is 0.437 e. The Morgan fingerprint density at radius 3 is 2.30 bits per heavy atom. The number of pyridine rings is 1. The summed E-state index contributed by atoms with van der Waals surface area (Å²) >= 11 is 6.27. The van der Waals surface area contributed by atoms with Gasteiger partial charge in [-0.1, -0.05) is 11.6 Å². The van der Waals surface area contributed by atoms with Crippen LogP contribution in [0.4, 0.5) is 26.3 Å². The second kappa shape index (κ2) is 11.4. The molecule has 17 heteroatoms. The van der Waals surface area contributed by atoms with Crippen molar-refractivity contribution in [1.29, 1.82) is 5.26 Å².